The summed E-state index contributed by atoms with van der Waals surface area (Å²) in [4.78, 5) is 38.5. The number of alkyl carbamates (subject to hydrolysis) is 1. The number of amides is 2. The Morgan fingerprint density at radius 2 is 1.90 bits per heavy atom. The van der Waals surface area contributed by atoms with Gasteiger partial charge in [0.15, 0.2) is 5.54 Å². The molecule has 0 aliphatic carbocycles. The van der Waals surface area contributed by atoms with Crippen LogP contribution in [0.4, 0.5) is 9.59 Å². The van der Waals surface area contributed by atoms with Gasteiger partial charge in [0.1, 0.15) is 12.2 Å². The summed E-state index contributed by atoms with van der Waals surface area (Å²) in [5, 5.41) is 12.5. The van der Waals surface area contributed by atoms with Crippen molar-refractivity contribution < 1.29 is 29.0 Å². The second-order valence-corrected chi connectivity index (χ2v) is 8.74. The molecule has 9 heteroatoms. The monoisotopic (exact) mass is 424 g/mol. The molecule has 0 bridgehead atoms. The van der Waals surface area contributed by atoms with E-state index in [4.69, 9.17) is 9.47 Å². The lowest BCUT2D eigenvalue weighted by Crippen LogP contribution is -2.73. The largest absolute Gasteiger partial charge is 0.479 e. The van der Waals surface area contributed by atoms with E-state index in [9.17, 15) is 19.5 Å². The predicted octanol–water partition coefficient (Wildman–Crippen LogP) is 3.11. The van der Waals surface area contributed by atoms with Crippen LogP contribution in [0.15, 0.2) is 30.3 Å². The fraction of sp³-hybridized carbons (Fsp3) is 0.550. The molecule has 0 saturated carbocycles. The fourth-order valence-electron chi connectivity index (χ4n) is 3.11. The topological polar surface area (TPSA) is 105 Å². The van der Waals surface area contributed by atoms with E-state index in [1.54, 1.807) is 27.0 Å². The standard InChI is InChI=1S/C20H28N2O6S/c1-19(2,3)28-17(25)21-20(13-29-4,16(23)24)15-10-11-22(15)18(26)27-12-14-8-6-5-7-9-14/h5-9,15H,10-13H2,1-4H3,(H,21,25)(H,23,24)/t15?,20-/m1/s1. The molecule has 0 spiro atoms. The number of hydrogen-bond acceptors (Lipinski definition) is 6. The molecule has 1 heterocycles. The highest BCUT2D eigenvalue weighted by Gasteiger charge is 2.55. The van der Waals surface area contributed by atoms with Crippen LogP contribution in [0.2, 0.25) is 0 Å². The second-order valence-electron chi connectivity index (χ2n) is 7.87. The van der Waals surface area contributed by atoms with Crippen molar-refractivity contribution in [2.75, 3.05) is 18.6 Å². The molecule has 1 aliphatic heterocycles. The molecule has 2 rings (SSSR count). The number of carboxylic acid groups (broad SMARTS) is 1. The van der Waals surface area contributed by atoms with E-state index in [1.165, 1.54) is 16.7 Å². The van der Waals surface area contributed by atoms with E-state index >= 15 is 0 Å². The van der Waals surface area contributed by atoms with Gasteiger partial charge in [-0.2, -0.15) is 11.8 Å². The van der Waals surface area contributed by atoms with Gasteiger partial charge in [0.2, 0.25) is 0 Å². The van der Waals surface area contributed by atoms with Crippen molar-refractivity contribution in [2.24, 2.45) is 0 Å². The summed E-state index contributed by atoms with van der Waals surface area (Å²) in [7, 11) is 0. The van der Waals surface area contributed by atoms with E-state index in [0.29, 0.717) is 13.0 Å². The third-order valence-electron chi connectivity index (χ3n) is 4.51. The molecule has 2 atom stereocenters. The van der Waals surface area contributed by atoms with Crippen molar-refractivity contribution in [3.8, 4) is 0 Å². The van der Waals surface area contributed by atoms with Crippen LogP contribution < -0.4 is 5.32 Å². The van der Waals surface area contributed by atoms with Crippen LogP contribution in [0.1, 0.15) is 32.8 Å². The molecule has 8 nitrogen and oxygen atoms in total. The molecule has 1 aliphatic rings. The maximum absolute atomic E-state index is 12.6. The Morgan fingerprint density at radius 1 is 1.24 bits per heavy atom. The van der Waals surface area contributed by atoms with Crippen LogP contribution in [0.3, 0.4) is 0 Å². The number of ether oxygens (including phenoxy) is 2. The number of carbonyl (C=O) groups is 3. The molecular formula is C20H28N2O6S. The first-order valence-electron chi connectivity index (χ1n) is 9.30. The van der Waals surface area contributed by atoms with Gasteiger partial charge in [-0.1, -0.05) is 30.3 Å². The van der Waals surface area contributed by atoms with Crippen LogP contribution >= 0.6 is 11.8 Å². The predicted molar refractivity (Wildman–Crippen MR) is 110 cm³/mol. The van der Waals surface area contributed by atoms with Gasteiger partial charge in [-0.25, -0.2) is 14.4 Å². The SMILES string of the molecule is CSC[C@](NC(=O)OC(C)(C)C)(C(=O)O)C1CCN1C(=O)OCc1ccccc1. The molecule has 1 saturated heterocycles. The average molecular weight is 425 g/mol. The Hall–Kier alpha value is -2.42. The number of rotatable bonds is 7. The molecule has 1 aromatic carbocycles. The minimum atomic E-state index is -1.67. The number of carboxylic acids is 1. The maximum atomic E-state index is 12.6. The Bertz CT molecular complexity index is 736. The van der Waals surface area contributed by atoms with E-state index < -0.39 is 35.3 Å². The van der Waals surface area contributed by atoms with E-state index in [1.807, 2.05) is 30.3 Å². The zero-order chi connectivity index (χ0) is 21.7. The highest BCUT2D eigenvalue weighted by atomic mass is 32.2. The number of carbonyl (C=O) groups excluding carboxylic acids is 2. The summed E-state index contributed by atoms with van der Waals surface area (Å²) in [6.45, 7) is 5.53. The quantitative estimate of drug-likeness (QED) is 0.693. The van der Waals surface area contributed by atoms with Crippen molar-refractivity contribution in [1.82, 2.24) is 10.2 Å². The molecular weight excluding hydrogens is 396 g/mol. The molecule has 1 unspecified atom stereocenters. The number of aliphatic carboxylic acids is 1. The van der Waals surface area contributed by atoms with Crippen molar-refractivity contribution in [1.29, 1.82) is 0 Å². The summed E-state index contributed by atoms with van der Waals surface area (Å²) < 4.78 is 10.6. The minimum Gasteiger partial charge on any atom is -0.479 e. The summed E-state index contributed by atoms with van der Waals surface area (Å²) in [5.41, 5.74) is -1.62. The van der Waals surface area contributed by atoms with Crippen LogP contribution in [0, 0.1) is 0 Å². The molecule has 1 aromatic rings. The van der Waals surface area contributed by atoms with E-state index in [-0.39, 0.29) is 12.4 Å². The lowest BCUT2D eigenvalue weighted by molar-refractivity contribution is -0.149. The highest BCUT2D eigenvalue weighted by molar-refractivity contribution is 7.98. The van der Waals surface area contributed by atoms with Crippen LogP contribution in [0.25, 0.3) is 0 Å². The number of hydrogen-bond donors (Lipinski definition) is 2. The molecule has 2 amide bonds. The molecule has 29 heavy (non-hydrogen) atoms. The summed E-state index contributed by atoms with van der Waals surface area (Å²) in [6, 6.07) is 8.48. The lowest BCUT2D eigenvalue weighted by atomic mass is 9.83. The van der Waals surface area contributed by atoms with Crippen LogP contribution in [-0.2, 0) is 20.9 Å². The second kappa shape index (κ2) is 9.39. The number of nitrogens with one attached hydrogen (secondary N) is 1. The average Bonchev–Trinajstić information content (AvgIpc) is 2.58. The van der Waals surface area contributed by atoms with Gasteiger partial charge in [-0.3, -0.25) is 0 Å². The number of thioether (sulfide) groups is 1. The van der Waals surface area contributed by atoms with E-state index in [0.717, 1.165) is 5.56 Å². The van der Waals surface area contributed by atoms with Gasteiger partial charge >= 0.3 is 18.2 Å². The summed E-state index contributed by atoms with van der Waals surface area (Å²) in [5.74, 6) is -1.14. The number of benzene rings is 1. The van der Waals surface area contributed by atoms with E-state index in [2.05, 4.69) is 5.32 Å². The van der Waals surface area contributed by atoms with Crippen LogP contribution in [-0.4, -0.2) is 63.9 Å². The third-order valence-corrected chi connectivity index (χ3v) is 5.25. The van der Waals surface area contributed by atoms with Crippen molar-refractivity contribution in [3.63, 3.8) is 0 Å². The van der Waals surface area contributed by atoms with Gasteiger partial charge in [-0.05, 0) is 39.0 Å². The zero-order valence-corrected chi connectivity index (χ0v) is 18.0. The third kappa shape index (κ3) is 5.79. The Labute approximate surface area is 174 Å². The summed E-state index contributed by atoms with van der Waals surface area (Å²) >= 11 is 1.27. The van der Waals surface area contributed by atoms with Crippen molar-refractivity contribution in [2.45, 2.75) is 51.0 Å². The number of nitrogens with zero attached hydrogens (tertiary/aromatic N) is 1. The molecule has 160 valence electrons. The molecule has 1 fully saturated rings. The van der Waals surface area contributed by atoms with Gasteiger partial charge in [-0.15, -0.1) is 0 Å². The highest BCUT2D eigenvalue weighted by Crippen LogP contribution is 2.32. The minimum absolute atomic E-state index is 0.0781. The van der Waals surface area contributed by atoms with Gasteiger partial charge in [0.25, 0.3) is 0 Å². The van der Waals surface area contributed by atoms with Crippen molar-refractivity contribution >= 4 is 29.9 Å². The van der Waals surface area contributed by atoms with Gasteiger partial charge in [0, 0.05) is 12.3 Å². The Morgan fingerprint density at radius 3 is 2.38 bits per heavy atom. The first-order valence-corrected chi connectivity index (χ1v) is 10.7. The Balaban J connectivity index is 2.14. The number of likely N-dealkylation sites (tertiary alicyclic amines) is 1. The molecule has 2 N–H and O–H groups in total. The first kappa shape index (κ1) is 22.9. The fourth-order valence-corrected chi connectivity index (χ4v) is 3.95. The maximum Gasteiger partial charge on any atom is 0.410 e. The van der Waals surface area contributed by atoms with Gasteiger partial charge < -0.3 is 24.8 Å². The smallest absolute Gasteiger partial charge is 0.410 e. The molecule has 0 aromatic heterocycles. The Kier molecular flexibility index (Phi) is 7.40. The normalized spacial score (nSPS) is 18.2. The summed E-state index contributed by atoms with van der Waals surface area (Å²) in [6.07, 6.45) is 0.732. The van der Waals surface area contributed by atoms with Gasteiger partial charge in [0.05, 0.1) is 6.04 Å². The van der Waals surface area contributed by atoms with Crippen LogP contribution in [0.5, 0.6) is 0 Å². The molecule has 0 radical (unpaired) electrons. The lowest BCUT2D eigenvalue weighted by Gasteiger charge is -2.49. The first-order chi connectivity index (χ1) is 13.6. The zero-order valence-electron chi connectivity index (χ0n) is 17.1. The van der Waals surface area contributed by atoms with Crippen molar-refractivity contribution in [3.05, 3.63) is 35.9 Å².